The fourth-order valence-electron chi connectivity index (χ4n) is 2.10. The second-order valence-electron chi connectivity index (χ2n) is 5.93. The van der Waals surface area contributed by atoms with Gasteiger partial charge in [-0.3, -0.25) is 20.2 Å². The van der Waals surface area contributed by atoms with Crippen molar-refractivity contribution in [2.45, 2.75) is 0 Å². The van der Waals surface area contributed by atoms with Crippen LogP contribution in [0.15, 0.2) is 61.7 Å². The van der Waals surface area contributed by atoms with E-state index in [2.05, 4.69) is 38.6 Å². The molecule has 188 valence electrons. The Morgan fingerprint density at radius 3 is 1.77 bits per heavy atom. The lowest BCUT2D eigenvalue weighted by Crippen LogP contribution is -2.04. The number of nitro groups is 2. The summed E-state index contributed by atoms with van der Waals surface area (Å²) in [5, 5.41) is 31.1. The van der Waals surface area contributed by atoms with Gasteiger partial charge in [0.05, 0.1) is 35.2 Å². The van der Waals surface area contributed by atoms with Gasteiger partial charge < -0.3 is 19.3 Å². The number of hydrogen-bond donors (Lipinski definition) is 1. The van der Waals surface area contributed by atoms with Gasteiger partial charge in [0.2, 0.25) is 0 Å². The maximum atomic E-state index is 11.3. The number of aromatic hydroxyl groups is 1. The van der Waals surface area contributed by atoms with E-state index in [4.69, 9.17) is 9.84 Å². The van der Waals surface area contributed by atoms with Crippen LogP contribution >= 0.6 is 15.9 Å². The molecule has 1 N–H and O–H groups in total. The third-order valence-corrected chi connectivity index (χ3v) is 4.09. The molecule has 2 aromatic carbocycles. The number of carbonyl (C=O) groups is 2. The van der Waals surface area contributed by atoms with E-state index in [1.54, 1.807) is 6.08 Å². The molecule has 0 aliphatic rings. The fraction of sp³-hybridized carbons (Fsp3) is 0.182. The zero-order chi connectivity index (χ0) is 27.0. The molecule has 0 aliphatic carbocycles. The van der Waals surface area contributed by atoms with Crippen LogP contribution < -0.4 is 4.74 Å². The van der Waals surface area contributed by atoms with Gasteiger partial charge in [0.15, 0.2) is 11.5 Å². The van der Waals surface area contributed by atoms with Crippen molar-refractivity contribution in [2.24, 2.45) is 0 Å². The Labute approximate surface area is 208 Å². The summed E-state index contributed by atoms with van der Waals surface area (Å²) < 4.78 is 14.0. The van der Waals surface area contributed by atoms with E-state index in [1.807, 2.05) is 0 Å². The molecule has 0 saturated carbocycles. The maximum absolute atomic E-state index is 11.3. The van der Waals surface area contributed by atoms with Crippen molar-refractivity contribution in [3.63, 3.8) is 0 Å². The first-order valence-electron chi connectivity index (χ1n) is 9.40. The number of phenolic OH excluding ortho intramolecular Hbond substituents is 1. The van der Waals surface area contributed by atoms with Crippen LogP contribution in [0.2, 0.25) is 0 Å². The van der Waals surface area contributed by atoms with E-state index >= 15 is 0 Å². The number of phenols is 1. The van der Waals surface area contributed by atoms with Crippen molar-refractivity contribution in [3.05, 3.63) is 93.1 Å². The molecule has 0 fully saturated rings. The topological polar surface area (TPSA) is 168 Å². The summed E-state index contributed by atoms with van der Waals surface area (Å²) in [5.74, 6) is -1.78. The first kappa shape index (κ1) is 30.7. The van der Waals surface area contributed by atoms with Crippen LogP contribution in [0.5, 0.6) is 11.5 Å². The fourth-order valence-corrected chi connectivity index (χ4v) is 2.10. The second-order valence-corrected chi connectivity index (χ2v) is 6.57. The van der Waals surface area contributed by atoms with E-state index in [-0.39, 0.29) is 29.2 Å². The summed E-state index contributed by atoms with van der Waals surface area (Å²) in [7, 11) is 2.41. The normalized spacial score (nSPS) is 9.11. The van der Waals surface area contributed by atoms with E-state index in [1.165, 1.54) is 44.6 Å². The lowest BCUT2D eigenvalue weighted by Gasteiger charge is -2.06. The predicted molar refractivity (Wildman–Crippen MR) is 130 cm³/mol. The van der Waals surface area contributed by atoms with E-state index in [0.717, 1.165) is 17.5 Å². The van der Waals surface area contributed by atoms with Crippen LogP contribution in [0.25, 0.3) is 0 Å². The highest BCUT2D eigenvalue weighted by Crippen LogP contribution is 2.28. The second kappa shape index (κ2) is 16.4. The molecule has 12 nitrogen and oxygen atoms in total. The number of esters is 2. The predicted octanol–water partition coefficient (Wildman–Crippen LogP) is 4.60. The van der Waals surface area contributed by atoms with Crippen molar-refractivity contribution in [1.82, 2.24) is 0 Å². The van der Waals surface area contributed by atoms with Gasteiger partial charge in [-0.25, -0.2) is 9.59 Å². The Hall–Kier alpha value is -4.26. The zero-order valence-electron chi connectivity index (χ0n) is 18.8. The van der Waals surface area contributed by atoms with Crippen LogP contribution in [0.4, 0.5) is 11.4 Å². The molecule has 0 aliphatic heterocycles. The van der Waals surface area contributed by atoms with Gasteiger partial charge in [-0.2, -0.15) is 0 Å². The number of hydrogen-bond acceptors (Lipinski definition) is 10. The molecular formula is C22H23BrN2O10. The Bertz CT molecular complexity index is 1070. The molecule has 0 saturated heterocycles. The van der Waals surface area contributed by atoms with Crippen LogP contribution in [-0.4, -0.2) is 53.0 Å². The number of halogens is 1. The van der Waals surface area contributed by atoms with E-state index in [9.17, 15) is 29.8 Å². The first-order chi connectivity index (χ1) is 16.6. The molecule has 0 atom stereocenters. The lowest BCUT2D eigenvalue weighted by molar-refractivity contribution is -0.386. The molecular weight excluding hydrogens is 532 g/mol. The SMILES string of the molecule is C=CCBr.C=CCOc1cc(C(=O)OC)ccc1[N+](=O)[O-].COC(=O)c1ccc([N+](=O)[O-])c(O)c1. The summed E-state index contributed by atoms with van der Waals surface area (Å²) in [4.78, 5) is 41.9. The minimum atomic E-state index is -0.740. The van der Waals surface area contributed by atoms with E-state index in [0.29, 0.717) is 0 Å². The molecule has 0 bridgehead atoms. The molecule has 0 spiro atoms. The number of rotatable bonds is 8. The molecule has 0 radical (unpaired) electrons. The number of nitrogens with zero attached hydrogens (tertiary/aromatic N) is 2. The molecule has 0 aromatic heterocycles. The Kier molecular flexibility index (Phi) is 14.4. The standard InChI is InChI=1S/C11H11NO5.C8H7NO5.C3H5Br/c1-3-6-17-10-7-8(11(13)16-2)4-5-9(10)12(14)15;1-14-8(11)5-2-3-6(9(12)13)7(10)4-5;1-2-3-4/h3-5,7H,1,6H2,2H3;2-4,10H,1H3;2H,1,3H2. The van der Waals surface area contributed by atoms with Crippen LogP contribution in [0.3, 0.4) is 0 Å². The summed E-state index contributed by atoms with van der Waals surface area (Å²) in [6, 6.07) is 7.03. The van der Waals surface area contributed by atoms with Gasteiger partial charge in [0.1, 0.15) is 6.61 Å². The first-order valence-corrected chi connectivity index (χ1v) is 10.5. The van der Waals surface area contributed by atoms with Crippen molar-refractivity contribution in [1.29, 1.82) is 0 Å². The van der Waals surface area contributed by atoms with Crippen LogP contribution in [0.1, 0.15) is 20.7 Å². The van der Waals surface area contributed by atoms with Crippen molar-refractivity contribution < 1.29 is 38.8 Å². The van der Waals surface area contributed by atoms with Gasteiger partial charge in [-0.1, -0.05) is 34.7 Å². The van der Waals surface area contributed by atoms with Crippen molar-refractivity contribution in [3.8, 4) is 11.5 Å². The zero-order valence-corrected chi connectivity index (χ0v) is 20.4. The van der Waals surface area contributed by atoms with E-state index < -0.39 is 33.2 Å². The highest BCUT2D eigenvalue weighted by molar-refractivity contribution is 9.09. The minimum absolute atomic E-state index is 0.0119. The van der Waals surface area contributed by atoms with Crippen molar-refractivity contribution in [2.75, 3.05) is 26.2 Å². The molecule has 0 amide bonds. The van der Waals surface area contributed by atoms with Crippen LogP contribution in [-0.2, 0) is 9.47 Å². The molecule has 0 unspecified atom stereocenters. The molecule has 35 heavy (non-hydrogen) atoms. The number of nitro benzene ring substituents is 2. The number of alkyl halides is 1. The summed E-state index contributed by atoms with van der Waals surface area (Å²) >= 11 is 3.13. The van der Waals surface area contributed by atoms with Crippen LogP contribution in [0, 0.1) is 20.2 Å². The van der Waals surface area contributed by atoms with Gasteiger partial charge >= 0.3 is 23.3 Å². The molecule has 2 aromatic rings. The molecule has 0 heterocycles. The smallest absolute Gasteiger partial charge is 0.337 e. The average molecular weight is 555 g/mol. The summed E-state index contributed by atoms with van der Waals surface area (Å²) in [5.41, 5.74) is -0.398. The minimum Gasteiger partial charge on any atom is -0.502 e. The van der Waals surface area contributed by atoms with Gasteiger partial charge in [-0.05, 0) is 12.1 Å². The Morgan fingerprint density at radius 2 is 1.40 bits per heavy atom. The highest BCUT2D eigenvalue weighted by Gasteiger charge is 2.18. The van der Waals surface area contributed by atoms with Gasteiger partial charge in [0.25, 0.3) is 0 Å². The number of methoxy groups -OCH3 is 2. The number of allylic oxidation sites excluding steroid dienone is 1. The lowest BCUT2D eigenvalue weighted by atomic mass is 10.2. The summed E-state index contributed by atoms with van der Waals surface area (Å²) in [6.45, 7) is 6.99. The summed E-state index contributed by atoms with van der Waals surface area (Å²) in [6.07, 6.45) is 3.24. The van der Waals surface area contributed by atoms with Gasteiger partial charge in [-0.15, -0.1) is 6.58 Å². The monoisotopic (exact) mass is 554 g/mol. The average Bonchev–Trinajstić information content (AvgIpc) is 2.86. The van der Waals surface area contributed by atoms with Gasteiger partial charge in [0, 0.05) is 29.6 Å². The third-order valence-electron chi connectivity index (χ3n) is 3.64. The highest BCUT2D eigenvalue weighted by atomic mass is 79.9. The number of benzene rings is 2. The quantitative estimate of drug-likeness (QED) is 0.160. The molecule has 2 rings (SSSR count). The largest absolute Gasteiger partial charge is 0.502 e. The molecule has 13 heteroatoms. The van der Waals surface area contributed by atoms with Crippen molar-refractivity contribution >= 4 is 39.2 Å². The number of ether oxygens (including phenoxy) is 3. The third kappa shape index (κ3) is 10.5. The number of carbonyl (C=O) groups excluding carboxylic acids is 2. The Morgan fingerprint density at radius 1 is 0.943 bits per heavy atom. The maximum Gasteiger partial charge on any atom is 0.337 e. The Balaban J connectivity index is 0.000000581.